The van der Waals surface area contributed by atoms with E-state index in [9.17, 15) is 9.18 Å². The number of morpholine rings is 1. The Morgan fingerprint density at radius 3 is 2.59 bits per heavy atom. The van der Waals surface area contributed by atoms with Crippen molar-refractivity contribution in [2.24, 2.45) is 0 Å². The van der Waals surface area contributed by atoms with Crippen LogP contribution < -0.4 is 10.2 Å². The van der Waals surface area contributed by atoms with Gasteiger partial charge in [-0.25, -0.2) is 9.18 Å². The van der Waals surface area contributed by atoms with Crippen molar-refractivity contribution in [2.45, 2.75) is 51.4 Å². The number of aromatic nitrogens is 1. The van der Waals surface area contributed by atoms with Crippen LogP contribution in [0.5, 0.6) is 0 Å². The first kappa shape index (κ1) is 22.7. The summed E-state index contributed by atoms with van der Waals surface area (Å²) in [6, 6.07) is 13.5. The number of amides is 2. The standard InChI is InChI=1S/C27H33FN4O2/c1-18-16-32(17-19(2)34-18)26-8-7-20(13-24(26)28)14-30-27(33)31-11-9-21(10-12-31)23-15-29-25-6-4-3-5-22(23)25/h3-8,13,15,18-19,21,29H,9-12,14,16-17H2,1-2H3,(H,30,33). The van der Waals surface area contributed by atoms with Gasteiger partial charge >= 0.3 is 6.03 Å². The summed E-state index contributed by atoms with van der Waals surface area (Å²) in [4.78, 5) is 20.0. The molecule has 6 nitrogen and oxygen atoms in total. The van der Waals surface area contributed by atoms with Crippen molar-refractivity contribution in [3.8, 4) is 0 Å². The normalized spacial score (nSPS) is 21.7. The highest BCUT2D eigenvalue weighted by Crippen LogP contribution is 2.33. The van der Waals surface area contributed by atoms with Crippen LogP contribution in [0.1, 0.15) is 43.7 Å². The zero-order valence-corrected chi connectivity index (χ0v) is 19.9. The van der Waals surface area contributed by atoms with Crippen molar-refractivity contribution in [1.82, 2.24) is 15.2 Å². The third-order valence-corrected chi connectivity index (χ3v) is 7.06. The van der Waals surface area contributed by atoms with Gasteiger partial charge in [-0.15, -0.1) is 0 Å². The number of carbonyl (C=O) groups excluding carboxylic acids is 1. The number of nitrogens with zero attached hydrogens (tertiary/aromatic N) is 2. The van der Waals surface area contributed by atoms with E-state index < -0.39 is 0 Å². The molecule has 0 bridgehead atoms. The topological polar surface area (TPSA) is 60.6 Å². The Bertz CT molecular complexity index is 1140. The van der Waals surface area contributed by atoms with Gasteiger partial charge in [0.15, 0.2) is 0 Å². The lowest BCUT2D eigenvalue weighted by Crippen LogP contribution is -2.45. The molecule has 2 aliphatic rings. The van der Waals surface area contributed by atoms with Gasteiger partial charge in [0.05, 0.1) is 17.9 Å². The number of fused-ring (bicyclic) bond motifs is 1. The van der Waals surface area contributed by atoms with E-state index in [1.807, 2.05) is 41.8 Å². The monoisotopic (exact) mass is 464 g/mol. The second-order valence-electron chi connectivity index (χ2n) is 9.66. The number of ether oxygens (including phenoxy) is 1. The molecule has 0 saturated carbocycles. The van der Waals surface area contributed by atoms with E-state index in [1.165, 1.54) is 17.0 Å². The van der Waals surface area contributed by atoms with Gasteiger partial charge in [0.1, 0.15) is 5.82 Å². The molecular formula is C27H33FN4O2. The number of aromatic amines is 1. The predicted octanol–water partition coefficient (Wildman–Crippen LogP) is 5.01. The number of hydrogen-bond acceptors (Lipinski definition) is 3. The van der Waals surface area contributed by atoms with E-state index in [0.29, 0.717) is 31.2 Å². The molecule has 3 aromatic rings. The van der Waals surface area contributed by atoms with Gasteiger partial charge in [0, 0.05) is 49.8 Å². The lowest BCUT2D eigenvalue weighted by atomic mass is 9.89. The van der Waals surface area contributed by atoms with E-state index in [1.54, 1.807) is 0 Å². The molecule has 2 atom stereocenters. The first-order valence-electron chi connectivity index (χ1n) is 12.3. The van der Waals surface area contributed by atoms with Gasteiger partial charge in [0.25, 0.3) is 0 Å². The summed E-state index contributed by atoms with van der Waals surface area (Å²) in [5.41, 5.74) is 3.86. The number of hydrogen-bond donors (Lipinski definition) is 2. The van der Waals surface area contributed by atoms with Crippen LogP contribution in [0.15, 0.2) is 48.7 Å². The van der Waals surface area contributed by atoms with Crippen molar-refractivity contribution in [3.05, 3.63) is 65.6 Å². The second-order valence-corrected chi connectivity index (χ2v) is 9.66. The number of halogens is 1. The van der Waals surface area contributed by atoms with Crippen molar-refractivity contribution in [1.29, 1.82) is 0 Å². The molecular weight excluding hydrogens is 431 g/mol. The van der Waals surface area contributed by atoms with Crippen LogP contribution >= 0.6 is 0 Å². The van der Waals surface area contributed by atoms with E-state index in [2.05, 4.69) is 34.7 Å². The summed E-state index contributed by atoms with van der Waals surface area (Å²) in [6.45, 7) is 7.11. The fraction of sp³-hybridized carbons (Fsp3) is 0.444. The summed E-state index contributed by atoms with van der Waals surface area (Å²) in [5, 5.41) is 4.24. The molecule has 5 rings (SSSR count). The Labute approximate surface area is 200 Å². The minimum absolute atomic E-state index is 0.0715. The summed E-state index contributed by atoms with van der Waals surface area (Å²) in [6.07, 6.45) is 4.13. The smallest absolute Gasteiger partial charge is 0.317 e. The molecule has 2 N–H and O–H groups in total. The van der Waals surface area contributed by atoms with Gasteiger partial charge in [-0.2, -0.15) is 0 Å². The van der Waals surface area contributed by atoms with Gasteiger partial charge in [0.2, 0.25) is 0 Å². The van der Waals surface area contributed by atoms with Crippen LogP contribution in [0.4, 0.5) is 14.9 Å². The average molecular weight is 465 g/mol. The van der Waals surface area contributed by atoms with E-state index in [0.717, 1.165) is 37.0 Å². The molecule has 0 spiro atoms. The molecule has 0 aliphatic carbocycles. The third-order valence-electron chi connectivity index (χ3n) is 7.06. The lowest BCUT2D eigenvalue weighted by molar-refractivity contribution is -0.00539. The molecule has 2 fully saturated rings. The van der Waals surface area contributed by atoms with Crippen molar-refractivity contribution >= 4 is 22.6 Å². The molecule has 2 saturated heterocycles. The summed E-state index contributed by atoms with van der Waals surface area (Å²) < 4.78 is 20.6. The minimum Gasteiger partial charge on any atom is -0.372 e. The number of para-hydroxylation sites is 1. The van der Waals surface area contributed by atoms with Crippen LogP contribution in [-0.2, 0) is 11.3 Å². The quantitative estimate of drug-likeness (QED) is 0.571. The maximum atomic E-state index is 14.8. The first-order chi connectivity index (χ1) is 16.5. The highest BCUT2D eigenvalue weighted by Gasteiger charge is 2.26. The molecule has 2 aromatic carbocycles. The third kappa shape index (κ3) is 4.75. The average Bonchev–Trinajstić information content (AvgIpc) is 3.26. The first-order valence-corrected chi connectivity index (χ1v) is 12.3. The number of nitrogens with one attached hydrogen (secondary N) is 2. The molecule has 0 radical (unpaired) electrons. The molecule has 7 heteroatoms. The maximum Gasteiger partial charge on any atom is 0.317 e. The summed E-state index contributed by atoms with van der Waals surface area (Å²) in [5.74, 6) is 0.194. The second kappa shape index (κ2) is 9.66. The molecule has 180 valence electrons. The zero-order valence-electron chi connectivity index (χ0n) is 19.9. The molecule has 2 unspecified atom stereocenters. The van der Waals surface area contributed by atoms with Crippen LogP contribution in [-0.4, -0.2) is 54.3 Å². The largest absolute Gasteiger partial charge is 0.372 e. The fourth-order valence-corrected chi connectivity index (χ4v) is 5.41. The number of rotatable bonds is 4. The Morgan fingerprint density at radius 1 is 1.12 bits per heavy atom. The van der Waals surface area contributed by atoms with Crippen molar-refractivity contribution < 1.29 is 13.9 Å². The SMILES string of the molecule is CC1CN(c2ccc(CNC(=O)N3CCC(c4c[nH]c5ccccc45)CC3)cc2F)CC(C)O1. The van der Waals surface area contributed by atoms with E-state index in [-0.39, 0.29) is 24.1 Å². The fourth-order valence-electron chi connectivity index (χ4n) is 5.41. The molecule has 2 aliphatic heterocycles. The zero-order chi connectivity index (χ0) is 23.7. The number of benzene rings is 2. The molecule has 1 aromatic heterocycles. The molecule has 2 amide bonds. The van der Waals surface area contributed by atoms with Crippen molar-refractivity contribution in [2.75, 3.05) is 31.1 Å². The Balaban J connectivity index is 1.14. The summed E-state index contributed by atoms with van der Waals surface area (Å²) >= 11 is 0. The number of urea groups is 1. The number of likely N-dealkylation sites (tertiary alicyclic amines) is 1. The van der Waals surface area contributed by atoms with Crippen LogP contribution in [0, 0.1) is 5.82 Å². The minimum atomic E-state index is -0.257. The van der Waals surface area contributed by atoms with Crippen LogP contribution in [0.3, 0.4) is 0 Å². The van der Waals surface area contributed by atoms with Gasteiger partial charge in [-0.3, -0.25) is 0 Å². The number of piperidine rings is 1. The van der Waals surface area contributed by atoms with Crippen LogP contribution in [0.25, 0.3) is 10.9 Å². The van der Waals surface area contributed by atoms with E-state index in [4.69, 9.17) is 4.74 Å². The number of carbonyl (C=O) groups is 1. The number of anilines is 1. The Kier molecular flexibility index (Phi) is 6.46. The Hall–Kier alpha value is -3.06. The maximum absolute atomic E-state index is 14.8. The lowest BCUT2D eigenvalue weighted by Gasteiger charge is -2.37. The van der Waals surface area contributed by atoms with E-state index >= 15 is 0 Å². The predicted molar refractivity (Wildman–Crippen MR) is 133 cm³/mol. The van der Waals surface area contributed by atoms with Gasteiger partial charge in [-0.1, -0.05) is 24.3 Å². The van der Waals surface area contributed by atoms with Gasteiger partial charge in [-0.05, 0) is 61.9 Å². The van der Waals surface area contributed by atoms with Gasteiger partial charge < -0.3 is 24.8 Å². The number of H-pyrrole nitrogens is 1. The Morgan fingerprint density at radius 2 is 1.85 bits per heavy atom. The highest BCUT2D eigenvalue weighted by molar-refractivity contribution is 5.83. The van der Waals surface area contributed by atoms with Crippen LogP contribution in [0.2, 0.25) is 0 Å². The highest BCUT2D eigenvalue weighted by atomic mass is 19.1. The molecule has 34 heavy (non-hydrogen) atoms. The molecule has 3 heterocycles. The summed E-state index contributed by atoms with van der Waals surface area (Å²) in [7, 11) is 0. The van der Waals surface area contributed by atoms with Crippen molar-refractivity contribution in [3.63, 3.8) is 0 Å².